The summed E-state index contributed by atoms with van der Waals surface area (Å²) in [5.41, 5.74) is 0. The average Bonchev–Trinajstić information content (AvgIpc) is 2.22. The van der Waals surface area contributed by atoms with E-state index in [1.807, 2.05) is 0 Å². The molecule has 0 aromatic rings. The summed E-state index contributed by atoms with van der Waals surface area (Å²) in [5.74, 6) is 0. The van der Waals surface area contributed by atoms with E-state index >= 15 is 0 Å². The monoisotopic (exact) mass is 554 g/mol. The van der Waals surface area contributed by atoms with Crippen LogP contribution in [0.25, 0.3) is 0 Å². The van der Waals surface area contributed by atoms with Gasteiger partial charge in [0.15, 0.2) is 0 Å². The summed E-state index contributed by atoms with van der Waals surface area (Å²) < 4.78 is 67.4. The van der Waals surface area contributed by atoms with Crippen LogP contribution in [0.2, 0.25) is 52.4 Å². The Labute approximate surface area is 177 Å². The van der Waals surface area contributed by atoms with Gasteiger partial charge >= 0.3 is 70.4 Å². The summed E-state index contributed by atoms with van der Waals surface area (Å²) in [6.07, 6.45) is 0. The molecule has 4 aliphatic heterocycles. The molecule has 6 bridgehead atoms. The summed E-state index contributed by atoms with van der Waals surface area (Å²) in [4.78, 5) is 21.8. The summed E-state index contributed by atoms with van der Waals surface area (Å²) in [5, 5.41) is 0. The first-order valence-corrected chi connectivity index (χ1v) is 26.8. The highest BCUT2D eigenvalue weighted by atomic mass is 28.6. The maximum Gasteiger partial charge on any atom is 0.480 e. The molecule has 2 N–H and O–H groups in total. The minimum atomic E-state index is -3.85. The molecule has 4 unspecified atom stereocenters. The van der Waals surface area contributed by atoms with Crippen molar-refractivity contribution in [3.8, 4) is 0 Å². The van der Waals surface area contributed by atoms with Crippen molar-refractivity contribution >= 4 is 70.4 Å². The SMILES string of the molecule is C[Si]1(O)O[Si]2(C)O[Si]3(C)O[Si](C)(O)O[Si]4(C)O[Si](C)(O1)O[Si](C)(O2)O[Si](C)(O3)O4. The van der Waals surface area contributed by atoms with Crippen LogP contribution in [-0.4, -0.2) is 80.0 Å². The smallest absolute Gasteiger partial charge is 0.391 e. The second-order valence-electron chi connectivity index (χ2n) is 8.09. The fourth-order valence-electron chi connectivity index (χ4n) is 4.15. The molecule has 4 atom stereocenters. The van der Waals surface area contributed by atoms with Gasteiger partial charge in [0.05, 0.1) is 0 Å². The van der Waals surface area contributed by atoms with Crippen LogP contribution in [0.15, 0.2) is 0 Å². The van der Waals surface area contributed by atoms with Crippen LogP contribution in [0, 0.1) is 0 Å². The maximum absolute atomic E-state index is 10.9. The van der Waals surface area contributed by atoms with Crippen LogP contribution in [0.3, 0.4) is 0 Å². The van der Waals surface area contributed by atoms with E-state index in [4.69, 9.17) is 45.3 Å². The Morgan fingerprint density at radius 1 is 0.310 bits per heavy atom. The predicted octanol–water partition coefficient (Wildman–Crippen LogP) is -0.242. The zero-order valence-electron chi connectivity index (χ0n) is 17.4. The van der Waals surface area contributed by atoms with Crippen molar-refractivity contribution in [3.05, 3.63) is 0 Å². The molecule has 21 heteroatoms. The highest BCUT2D eigenvalue weighted by Gasteiger charge is 2.74. The van der Waals surface area contributed by atoms with Gasteiger partial charge in [0.25, 0.3) is 0 Å². The highest BCUT2D eigenvalue weighted by Crippen LogP contribution is 2.43. The number of rotatable bonds is 0. The summed E-state index contributed by atoms with van der Waals surface area (Å²) in [7, 11) is -29.6. The van der Waals surface area contributed by atoms with Gasteiger partial charge in [0, 0.05) is 52.4 Å². The maximum atomic E-state index is 10.9. The number of hydrogen-bond acceptors (Lipinski definition) is 13. The third kappa shape index (κ3) is 4.79. The van der Waals surface area contributed by atoms with Gasteiger partial charge in [0.2, 0.25) is 0 Å². The van der Waals surface area contributed by atoms with Gasteiger partial charge in [-0.3, -0.25) is 0 Å². The first-order chi connectivity index (χ1) is 12.8. The van der Waals surface area contributed by atoms with E-state index in [1.165, 1.54) is 13.1 Å². The zero-order valence-corrected chi connectivity index (χ0v) is 25.4. The van der Waals surface area contributed by atoms with E-state index in [9.17, 15) is 9.59 Å². The van der Waals surface area contributed by atoms with E-state index in [2.05, 4.69) is 0 Å². The van der Waals surface area contributed by atoms with Crippen LogP contribution < -0.4 is 0 Å². The third-order valence-electron chi connectivity index (χ3n) is 4.09. The molecule has 4 saturated heterocycles. The van der Waals surface area contributed by atoms with Crippen molar-refractivity contribution in [2.24, 2.45) is 0 Å². The molecule has 4 fully saturated rings. The molecular weight excluding hydrogens is 529 g/mol. The summed E-state index contributed by atoms with van der Waals surface area (Å²) >= 11 is 0. The van der Waals surface area contributed by atoms with Crippen LogP contribution in [0.4, 0.5) is 0 Å². The lowest BCUT2D eigenvalue weighted by atomic mass is 11.9. The van der Waals surface area contributed by atoms with E-state index in [0.29, 0.717) is 0 Å². The lowest BCUT2D eigenvalue weighted by molar-refractivity contribution is 0.00389. The molecule has 0 radical (unpaired) electrons. The molecule has 0 aromatic carbocycles. The Kier molecular flexibility index (Phi) is 5.17. The molecule has 0 aromatic heterocycles. The second kappa shape index (κ2) is 6.41. The fraction of sp³-hybridized carbons (Fsp3) is 1.00. The highest BCUT2D eigenvalue weighted by molar-refractivity contribution is 6.99. The first kappa shape index (κ1) is 23.4. The molecular formula is C8H26O13Si8. The van der Waals surface area contributed by atoms with Gasteiger partial charge in [0.1, 0.15) is 0 Å². The van der Waals surface area contributed by atoms with Crippen LogP contribution in [0.5, 0.6) is 0 Å². The van der Waals surface area contributed by atoms with Crippen molar-refractivity contribution in [3.63, 3.8) is 0 Å². The van der Waals surface area contributed by atoms with Crippen molar-refractivity contribution in [1.29, 1.82) is 0 Å². The Bertz CT molecular complexity index is 614. The molecule has 0 saturated carbocycles. The van der Waals surface area contributed by atoms with Crippen molar-refractivity contribution in [2.75, 3.05) is 0 Å². The minimum absolute atomic E-state index is 1.42. The molecule has 0 amide bonds. The molecule has 168 valence electrons. The van der Waals surface area contributed by atoms with E-state index in [1.54, 1.807) is 39.3 Å². The van der Waals surface area contributed by atoms with Crippen molar-refractivity contribution < 1.29 is 54.9 Å². The number of fused-ring (bicyclic) bond motifs is 4. The van der Waals surface area contributed by atoms with E-state index < -0.39 is 70.4 Å². The summed E-state index contributed by atoms with van der Waals surface area (Å²) in [6, 6.07) is 0. The van der Waals surface area contributed by atoms with Gasteiger partial charge in [-0.1, -0.05) is 0 Å². The van der Waals surface area contributed by atoms with E-state index in [0.717, 1.165) is 0 Å². The Morgan fingerprint density at radius 2 is 0.448 bits per heavy atom. The van der Waals surface area contributed by atoms with Crippen LogP contribution in [0.1, 0.15) is 0 Å². The Hall–Kier alpha value is 1.22. The normalized spacial score (nSPS) is 63.1. The van der Waals surface area contributed by atoms with Gasteiger partial charge in [-0.15, -0.1) is 0 Å². The largest absolute Gasteiger partial charge is 0.480 e. The number of hydrogen-bond donors (Lipinski definition) is 2. The van der Waals surface area contributed by atoms with Crippen molar-refractivity contribution in [1.82, 2.24) is 0 Å². The van der Waals surface area contributed by atoms with Gasteiger partial charge in [-0.05, 0) is 0 Å². The second-order valence-corrected chi connectivity index (χ2v) is 31.0. The fourth-order valence-corrected chi connectivity index (χ4v) is 44.9. The topological polar surface area (TPSA) is 142 Å². The molecule has 0 aliphatic carbocycles. The summed E-state index contributed by atoms with van der Waals surface area (Å²) in [6.45, 7) is 12.4. The average molecular weight is 555 g/mol. The molecule has 4 heterocycles. The lowest BCUT2D eigenvalue weighted by Gasteiger charge is -2.56. The van der Waals surface area contributed by atoms with Gasteiger partial charge < -0.3 is 54.9 Å². The molecule has 4 aliphatic rings. The molecule has 0 spiro atoms. The van der Waals surface area contributed by atoms with Gasteiger partial charge in [-0.2, -0.15) is 0 Å². The lowest BCUT2D eigenvalue weighted by Crippen LogP contribution is -2.82. The molecule has 13 nitrogen and oxygen atoms in total. The third-order valence-corrected chi connectivity index (χ3v) is 36.9. The van der Waals surface area contributed by atoms with Crippen LogP contribution in [-0.2, 0) is 45.3 Å². The minimum Gasteiger partial charge on any atom is -0.391 e. The van der Waals surface area contributed by atoms with E-state index in [-0.39, 0.29) is 0 Å². The Balaban J connectivity index is 1.95. The van der Waals surface area contributed by atoms with Crippen LogP contribution >= 0.6 is 0 Å². The van der Waals surface area contributed by atoms with Crippen molar-refractivity contribution in [2.45, 2.75) is 52.4 Å². The standard InChI is InChI=1S/C8H26O13Si8/c1-22(9)11-24(3)15-26(5)13-23(2,10)14-27(6)16-25(4,12-22)18-28(7,17-24)21-29(8,19-26)20-27/h9-10H,1-8H3. The first-order valence-electron chi connectivity index (χ1n) is 8.94. The Morgan fingerprint density at radius 3 is 0.621 bits per heavy atom. The quantitative estimate of drug-likeness (QED) is 0.381. The zero-order chi connectivity index (χ0) is 21.8. The molecule has 29 heavy (non-hydrogen) atoms. The predicted molar refractivity (Wildman–Crippen MR) is 109 cm³/mol. The van der Waals surface area contributed by atoms with Gasteiger partial charge in [-0.25, -0.2) is 0 Å². The molecule has 4 rings (SSSR count).